The van der Waals surface area contributed by atoms with Crippen molar-refractivity contribution in [2.45, 2.75) is 38.6 Å². The highest BCUT2D eigenvalue weighted by Crippen LogP contribution is 2.19. The summed E-state index contributed by atoms with van der Waals surface area (Å²) >= 11 is 0. The van der Waals surface area contributed by atoms with Crippen molar-refractivity contribution in [2.24, 2.45) is 0 Å². The first-order valence-electron chi connectivity index (χ1n) is 10.7. The quantitative estimate of drug-likeness (QED) is 0.553. The minimum absolute atomic E-state index is 0.0472. The zero-order valence-corrected chi connectivity index (χ0v) is 17.6. The number of Topliss-reactive ketones (excluding diaryl/α,β-unsaturated/α-hetero) is 1. The summed E-state index contributed by atoms with van der Waals surface area (Å²) in [5.41, 5.74) is 2.96. The molecule has 1 aliphatic carbocycles. The Morgan fingerprint density at radius 3 is 2.56 bits per heavy atom. The van der Waals surface area contributed by atoms with Crippen LogP contribution < -0.4 is 16.6 Å². The third-order valence-electron chi connectivity index (χ3n) is 5.71. The average molecular weight is 432 g/mol. The number of nitrogens with one attached hydrogen (secondary N) is 2. The highest BCUT2D eigenvalue weighted by molar-refractivity contribution is 5.99. The van der Waals surface area contributed by atoms with Crippen LogP contribution in [0.1, 0.15) is 40.9 Å². The van der Waals surface area contributed by atoms with Gasteiger partial charge in [-0.25, -0.2) is 4.79 Å². The lowest BCUT2D eigenvalue weighted by Crippen LogP contribution is -2.38. The molecule has 0 spiro atoms. The fourth-order valence-electron chi connectivity index (χ4n) is 4.00. The van der Waals surface area contributed by atoms with Crippen LogP contribution in [0.2, 0.25) is 0 Å². The number of aromatic amines is 1. The molecule has 0 aliphatic heterocycles. The van der Waals surface area contributed by atoms with E-state index >= 15 is 0 Å². The van der Waals surface area contributed by atoms with E-state index in [1.165, 1.54) is 4.57 Å². The SMILES string of the molecule is O=C(CCn1c2c(c(=O)[nH]c1=O)CCCC2)NCC(=O)c1ccc(-c2cccnc2)cc1. The molecule has 1 aliphatic rings. The molecule has 1 amide bonds. The van der Waals surface area contributed by atoms with Gasteiger partial charge in [-0.2, -0.15) is 0 Å². The van der Waals surface area contributed by atoms with Crippen molar-refractivity contribution in [2.75, 3.05) is 6.54 Å². The van der Waals surface area contributed by atoms with Crippen LogP contribution in [0.15, 0.2) is 58.4 Å². The normalized spacial score (nSPS) is 12.8. The second kappa shape index (κ2) is 9.55. The number of fused-ring (bicyclic) bond motifs is 1. The monoisotopic (exact) mass is 432 g/mol. The minimum Gasteiger partial charge on any atom is -0.349 e. The van der Waals surface area contributed by atoms with Crippen LogP contribution in [0, 0.1) is 0 Å². The van der Waals surface area contributed by atoms with Gasteiger partial charge in [0, 0.05) is 42.2 Å². The molecule has 4 rings (SSSR count). The summed E-state index contributed by atoms with van der Waals surface area (Å²) in [6.45, 7) is 0.0431. The van der Waals surface area contributed by atoms with E-state index in [1.807, 2.05) is 24.3 Å². The van der Waals surface area contributed by atoms with Crippen LogP contribution >= 0.6 is 0 Å². The predicted octanol–water partition coefficient (Wildman–Crippen LogP) is 1.87. The molecule has 8 nitrogen and oxygen atoms in total. The van der Waals surface area contributed by atoms with Gasteiger partial charge in [-0.3, -0.25) is 28.9 Å². The number of hydrogen-bond donors (Lipinski definition) is 2. The van der Waals surface area contributed by atoms with Gasteiger partial charge in [0.2, 0.25) is 5.91 Å². The number of amides is 1. The van der Waals surface area contributed by atoms with Gasteiger partial charge in [0.1, 0.15) is 0 Å². The number of pyridine rings is 1. The first kappa shape index (κ1) is 21.4. The van der Waals surface area contributed by atoms with Crippen molar-refractivity contribution in [1.82, 2.24) is 19.9 Å². The van der Waals surface area contributed by atoms with Crippen LogP contribution in [0.25, 0.3) is 11.1 Å². The van der Waals surface area contributed by atoms with Gasteiger partial charge in [-0.1, -0.05) is 30.3 Å². The number of rotatable bonds is 7. The molecule has 0 unspecified atom stereocenters. The predicted molar refractivity (Wildman–Crippen MR) is 120 cm³/mol. The Morgan fingerprint density at radius 1 is 1.03 bits per heavy atom. The number of ketones is 1. The Balaban J connectivity index is 1.33. The van der Waals surface area contributed by atoms with Gasteiger partial charge in [0.25, 0.3) is 5.56 Å². The lowest BCUT2D eigenvalue weighted by molar-refractivity contribution is -0.121. The Hall–Kier alpha value is -3.81. The summed E-state index contributed by atoms with van der Waals surface area (Å²) in [6, 6.07) is 10.9. The largest absolute Gasteiger partial charge is 0.349 e. The fourth-order valence-corrected chi connectivity index (χ4v) is 4.00. The molecular weight excluding hydrogens is 408 g/mol. The molecule has 164 valence electrons. The fraction of sp³-hybridized carbons (Fsp3) is 0.292. The molecule has 2 aromatic heterocycles. The van der Waals surface area contributed by atoms with Crippen LogP contribution in [0.3, 0.4) is 0 Å². The van der Waals surface area contributed by atoms with Gasteiger partial charge in [-0.15, -0.1) is 0 Å². The van der Waals surface area contributed by atoms with E-state index in [4.69, 9.17) is 0 Å². The van der Waals surface area contributed by atoms with Gasteiger partial charge < -0.3 is 5.32 Å². The standard InChI is InChI=1S/C24H24N4O4/c29-21(17-9-7-16(8-10-17)18-4-3-12-25-14-18)15-26-22(30)11-13-28-20-6-2-1-5-19(20)23(31)27-24(28)32/h3-4,7-10,12,14H,1-2,5-6,11,13,15H2,(H,26,30)(H,27,31,32). The molecule has 32 heavy (non-hydrogen) atoms. The first-order valence-corrected chi connectivity index (χ1v) is 10.7. The second-order valence-corrected chi connectivity index (χ2v) is 7.81. The molecule has 2 heterocycles. The van der Waals surface area contributed by atoms with E-state index in [9.17, 15) is 19.2 Å². The number of aromatic nitrogens is 3. The van der Waals surface area contributed by atoms with Crippen LogP contribution in [-0.2, 0) is 24.2 Å². The van der Waals surface area contributed by atoms with Crippen molar-refractivity contribution in [3.05, 3.63) is 86.5 Å². The average Bonchev–Trinajstić information content (AvgIpc) is 2.83. The summed E-state index contributed by atoms with van der Waals surface area (Å²) in [5, 5.41) is 2.62. The maximum absolute atomic E-state index is 12.4. The summed E-state index contributed by atoms with van der Waals surface area (Å²) < 4.78 is 1.48. The number of carbonyl (C=O) groups excluding carboxylic acids is 2. The first-order chi connectivity index (χ1) is 15.5. The molecule has 2 N–H and O–H groups in total. The molecule has 0 saturated carbocycles. The summed E-state index contributed by atoms with van der Waals surface area (Å²) in [7, 11) is 0. The third-order valence-corrected chi connectivity index (χ3v) is 5.71. The van der Waals surface area contributed by atoms with Crippen molar-refractivity contribution < 1.29 is 9.59 Å². The van der Waals surface area contributed by atoms with Gasteiger partial charge >= 0.3 is 5.69 Å². The topological polar surface area (TPSA) is 114 Å². The summed E-state index contributed by atoms with van der Waals surface area (Å²) in [5.74, 6) is -0.525. The molecule has 3 aromatic rings. The molecule has 1 aromatic carbocycles. The molecular formula is C24H24N4O4. The molecule has 0 bridgehead atoms. The zero-order chi connectivity index (χ0) is 22.5. The van der Waals surface area contributed by atoms with E-state index in [0.29, 0.717) is 24.0 Å². The highest BCUT2D eigenvalue weighted by atomic mass is 16.2. The Bertz CT molecular complexity index is 1240. The molecule has 8 heteroatoms. The van der Waals surface area contributed by atoms with Crippen molar-refractivity contribution in [1.29, 1.82) is 0 Å². The van der Waals surface area contributed by atoms with Crippen LogP contribution in [0.5, 0.6) is 0 Å². The maximum Gasteiger partial charge on any atom is 0.328 e. The number of nitrogens with zero attached hydrogens (tertiary/aromatic N) is 2. The Kier molecular flexibility index (Phi) is 6.39. The van der Waals surface area contributed by atoms with E-state index in [1.54, 1.807) is 24.5 Å². The lowest BCUT2D eigenvalue weighted by atomic mass is 9.97. The lowest BCUT2D eigenvalue weighted by Gasteiger charge is -2.19. The number of H-pyrrole nitrogens is 1. The highest BCUT2D eigenvalue weighted by Gasteiger charge is 2.18. The van der Waals surface area contributed by atoms with Gasteiger partial charge in [0.15, 0.2) is 5.78 Å². The van der Waals surface area contributed by atoms with Crippen molar-refractivity contribution >= 4 is 11.7 Å². The molecule has 0 radical (unpaired) electrons. The third kappa shape index (κ3) is 4.74. The van der Waals surface area contributed by atoms with E-state index in [0.717, 1.165) is 29.7 Å². The molecule has 0 saturated heterocycles. The van der Waals surface area contributed by atoms with Gasteiger partial charge in [0.05, 0.1) is 6.54 Å². The van der Waals surface area contributed by atoms with Crippen molar-refractivity contribution in [3.63, 3.8) is 0 Å². The number of carbonyl (C=O) groups is 2. The van der Waals surface area contributed by atoms with E-state index in [2.05, 4.69) is 15.3 Å². The number of benzene rings is 1. The number of hydrogen-bond acceptors (Lipinski definition) is 5. The summed E-state index contributed by atoms with van der Waals surface area (Å²) in [4.78, 5) is 55.4. The second-order valence-electron chi connectivity index (χ2n) is 7.81. The minimum atomic E-state index is -0.492. The Labute approximate surface area is 184 Å². The Morgan fingerprint density at radius 2 is 1.81 bits per heavy atom. The van der Waals surface area contributed by atoms with E-state index < -0.39 is 5.69 Å². The zero-order valence-electron chi connectivity index (χ0n) is 17.6. The van der Waals surface area contributed by atoms with Gasteiger partial charge in [-0.05, 0) is 42.9 Å². The van der Waals surface area contributed by atoms with Crippen LogP contribution in [-0.4, -0.2) is 32.8 Å². The summed E-state index contributed by atoms with van der Waals surface area (Å²) in [6.07, 6.45) is 6.63. The molecule has 0 fully saturated rings. The molecule has 0 atom stereocenters. The van der Waals surface area contributed by atoms with Crippen LogP contribution in [0.4, 0.5) is 0 Å². The van der Waals surface area contributed by atoms with E-state index in [-0.39, 0.29) is 36.8 Å². The smallest absolute Gasteiger partial charge is 0.328 e. The maximum atomic E-state index is 12.4. The van der Waals surface area contributed by atoms with Crippen molar-refractivity contribution in [3.8, 4) is 11.1 Å².